The van der Waals surface area contributed by atoms with Gasteiger partial charge in [0.15, 0.2) is 0 Å². The minimum absolute atomic E-state index is 0.319. The van der Waals surface area contributed by atoms with Crippen molar-refractivity contribution in [2.45, 2.75) is 19.0 Å². The second-order valence-electron chi connectivity index (χ2n) is 4.31. The molecule has 4 heteroatoms. The van der Waals surface area contributed by atoms with Crippen LogP contribution in [0.1, 0.15) is 21.9 Å². The highest BCUT2D eigenvalue weighted by atomic mass is 32.1. The van der Waals surface area contributed by atoms with Gasteiger partial charge in [-0.15, -0.1) is 11.3 Å². The monoisotopic (exact) mass is 282 g/mol. The summed E-state index contributed by atoms with van der Waals surface area (Å²) >= 11 is 1.46. The molecule has 0 aliphatic rings. The van der Waals surface area contributed by atoms with Gasteiger partial charge in [-0.25, -0.2) is 0 Å². The van der Waals surface area contributed by atoms with Crippen molar-refractivity contribution in [2.75, 3.05) is 0 Å². The number of allylic oxidation sites excluding steroid dienone is 2. The van der Waals surface area contributed by atoms with Gasteiger partial charge >= 0.3 is 6.18 Å². The van der Waals surface area contributed by atoms with Crippen molar-refractivity contribution in [3.63, 3.8) is 0 Å². The summed E-state index contributed by atoms with van der Waals surface area (Å²) in [6, 6.07) is 11.3. The summed E-state index contributed by atoms with van der Waals surface area (Å²) in [5.74, 6) is -0.346. The maximum Gasteiger partial charge on any atom is 0.409 e. The lowest BCUT2D eigenvalue weighted by molar-refractivity contribution is -0.0800. The van der Waals surface area contributed by atoms with E-state index in [0.717, 1.165) is 16.0 Å². The molecule has 0 fully saturated rings. The van der Waals surface area contributed by atoms with Crippen LogP contribution in [0.25, 0.3) is 0 Å². The maximum absolute atomic E-state index is 12.4. The van der Waals surface area contributed by atoms with Gasteiger partial charge in [-0.05, 0) is 23.9 Å². The van der Waals surface area contributed by atoms with Gasteiger partial charge in [-0.1, -0.05) is 42.0 Å². The van der Waals surface area contributed by atoms with E-state index in [0.29, 0.717) is 6.08 Å². The Morgan fingerprint density at radius 3 is 2.53 bits per heavy atom. The van der Waals surface area contributed by atoms with Crippen LogP contribution < -0.4 is 0 Å². The molecule has 100 valence electrons. The molecule has 0 nitrogen and oxygen atoms in total. The molecule has 0 N–H and O–H groups in total. The van der Waals surface area contributed by atoms with Gasteiger partial charge in [-0.2, -0.15) is 13.2 Å². The zero-order chi connectivity index (χ0) is 13.9. The second kappa shape index (κ2) is 5.61. The van der Waals surface area contributed by atoms with E-state index in [2.05, 4.69) is 0 Å². The highest BCUT2D eigenvalue weighted by molar-refractivity contribution is 7.10. The van der Waals surface area contributed by atoms with Crippen LogP contribution in [0, 0.1) is 6.92 Å². The van der Waals surface area contributed by atoms with Crippen molar-refractivity contribution >= 4 is 11.3 Å². The lowest BCUT2D eigenvalue weighted by atomic mass is 9.95. The van der Waals surface area contributed by atoms with Gasteiger partial charge in [0.2, 0.25) is 0 Å². The zero-order valence-electron chi connectivity index (χ0n) is 10.3. The number of alkyl halides is 3. The summed E-state index contributed by atoms with van der Waals surface area (Å²) in [7, 11) is 0. The molecule has 0 aliphatic carbocycles. The Hall–Kier alpha value is -1.55. The van der Waals surface area contributed by atoms with Crippen LogP contribution >= 0.6 is 11.3 Å². The fourth-order valence-electron chi connectivity index (χ4n) is 1.91. The van der Waals surface area contributed by atoms with Gasteiger partial charge in [-0.3, -0.25) is 0 Å². The Bertz CT molecular complexity index is 553. The fraction of sp³-hybridized carbons (Fsp3) is 0.200. The first-order chi connectivity index (χ1) is 8.96. The van der Waals surface area contributed by atoms with E-state index in [-0.39, 0.29) is 5.92 Å². The number of benzene rings is 1. The van der Waals surface area contributed by atoms with Crippen LogP contribution in [0.2, 0.25) is 0 Å². The Balaban J connectivity index is 2.38. The predicted octanol–water partition coefficient (Wildman–Crippen LogP) is 5.31. The van der Waals surface area contributed by atoms with Crippen LogP contribution in [-0.2, 0) is 0 Å². The van der Waals surface area contributed by atoms with E-state index >= 15 is 0 Å². The molecule has 0 bridgehead atoms. The van der Waals surface area contributed by atoms with E-state index in [9.17, 15) is 13.2 Å². The molecule has 0 amide bonds. The van der Waals surface area contributed by atoms with Crippen LogP contribution in [0.4, 0.5) is 13.2 Å². The Labute approximate surface area is 114 Å². The Morgan fingerprint density at radius 1 is 1.16 bits per heavy atom. The standard InChI is InChI=1S/C15H13F3S/c1-11-4-2-5-12(10-11)13(7-8-15(16,17)18)14-6-3-9-19-14/h2-10,13H,1H3/b8-7+. The quantitative estimate of drug-likeness (QED) is 0.669. The highest BCUT2D eigenvalue weighted by Gasteiger charge is 2.23. The number of rotatable bonds is 3. The number of hydrogen-bond donors (Lipinski definition) is 0. The van der Waals surface area contributed by atoms with Crippen LogP contribution in [0.3, 0.4) is 0 Å². The van der Waals surface area contributed by atoms with Gasteiger partial charge in [0, 0.05) is 16.9 Å². The average molecular weight is 282 g/mol. The molecule has 0 radical (unpaired) electrons. The third-order valence-corrected chi connectivity index (χ3v) is 3.68. The fourth-order valence-corrected chi connectivity index (χ4v) is 2.74. The molecule has 0 saturated carbocycles. The SMILES string of the molecule is Cc1cccc(C(/C=C/C(F)(F)F)c2cccs2)c1. The van der Waals surface area contributed by atoms with Crippen molar-refractivity contribution in [3.05, 3.63) is 69.9 Å². The highest BCUT2D eigenvalue weighted by Crippen LogP contribution is 2.31. The minimum atomic E-state index is -4.28. The van der Waals surface area contributed by atoms with Gasteiger partial charge in [0.05, 0.1) is 0 Å². The van der Waals surface area contributed by atoms with Crippen LogP contribution in [0.5, 0.6) is 0 Å². The first-order valence-corrected chi connectivity index (χ1v) is 6.70. The van der Waals surface area contributed by atoms with Gasteiger partial charge < -0.3 is 0 Å². The number of thiophene rings is 1. The van der Waals surface area contributed by atoms with Gasteiger partial charge in [0.1, 0.15) is 0 Å². The van der Waals surface area contributed by atoms with E-state index in [1.165, 1.54) is 17.4 Å². The number of aryl methyl sites for hydroxylation is 1. The van der Waals surface area contributed by atoms with Gasteiger partial charge in [0.25, 0.3) is 0 Å². The van der Waals surface area contributed by atoms with E-state index in [1.54, 1.807) is 0 Å². The topological polar surface area (TPSA) is 0 Å². The predicted molar refractivity (Wildman–Crippen MR) is 72.5 cm³/mol. The lowest BCUT2D eigenvalue weighted by Gasteiger charge is -2.13. The summed E-state index contributed by atoms with van der Waals surface area (Å²) in [5.41, 5.74) is 1.92. The van der Waals surface area contributed by atoms with Crippen molar-refractivity contribution in [1.29, 1.82) is 0 Å². The largest absolute Gasteiger partial charge is 0.409 e. The number of hydrogen-bond acceptors (Lipinski definition) is 1. The lowest BCUT2D eigenvalue weighted by Crippen LogP contribution is -2.03. The molecule has 1 aromatic heterocycles. The minimum Gasteiger partial charge on any atom is -0.167 e. The third-order valence-electron chi connectivity index (χ3n) is 2.73. The molecule has 1 heterocycles. The average Bonchev–Trinajstić information content (AvgIpc) is 2.81. The summed E-state index contributed by atoms with van der Waals surface area (Å²) < 4.78 is 37.1. The zero-order valence-corrected chi connectivity index (χ0v) is 11.1. The first-order valence-electron chi connectivity index (χ1n) is 5.82. The van der Waals surface area contributed by atoms with Crippen molar-refractivity contribution in [3.8, 4) is 0 Å². The van der Waals surface area contributed by atoms with Crippen molar-refractivity contribution in [2.24, 2.45) is 0 Å². The molecule has 0 saturated heterocycles. The van der Waals surface area contributed by atoms with E-state index in [4.69, 9.17) is 0 Å². The number of halogens is 3. The maximum atomic E-state index is 12.4. The molecule has 1 unspecified atom stereocenters. The summed E-state index contributed by atoms with van der Waals surface area (Å²) in [6.45, 7) is 1.93. The molecule has 19 heavy (non-hydrogen) atoms. The normalized spacial score (nSPS) is 13.9. The van der Waals surface area contributed by atoms with Crippen molar-refractivity contribution < 1.29 is 13.2 Å². The molecule has 1 atom stereocenters. The smallest absolute Gasteiger partial charge is 0.167 e. The molecular weight excluding hydrogens is 269 g/mol. The Morgan fingerprint density at radius 2 is 1.95 bits per heavy atom. The summed E-state index contributed by atoms with van der Waals surface area (Å²) in [5, 5.41) is 1.87. The molecule has 0 spiro atoms. The summed E-state index contributed by atoms with van der Waals surface area (Å²) in [4.78, 5) is 0.908. The molecular formula is C15H13F3S. The van der Waals surface area contributed by atoms with Crippen LogP contribution in [-0.4, -0.2) is 6.18 Å². The molecule has 0 aliphatic heterocycles. The molecule has 1 aromatic carbocycles. The van der Waals surface area contributed by atoms with E-state index in [1.807, 2.05) is 48.7 Å². The Kier molecular flexibility index (Phi) is 4.10. The summed E-state index contributed by atoms with van der Waals surface area (Å²) in [6.07, 6.45) is -2.74. The van der Waals surface area contributed by atoms with E-state index < -0.39 is 6.18 Å². The second-order valence-corrected chi connectivity index (χ2v) is 5.29. The first kappa shape index (κ1) is 13.9. The molecule has 2 rings (SSSR count). The van der Waals surface area contributed by atoms with Crippen molar-refractivity contribution in [1.82, 2.24) is 0 Å². The van der Waals surface area contributed by atoms with Crippen LogP contribution in [0.15, 0.2) is 53.9 Å². The third kappa shape index (κ3) is 3.96. The molecule has 2 aromatic rings.